The van der Waals surface area contributed by atoms with E-state index < -0.39 is 0 Å². The molecule has 1 atom stereocenters. The fourth-order valence-electron chi connectivity index (χ4n) is 1.75. The van der Waals surface area contributed by atoms with Crippen LogP contribution in [0.4, 0.5) is 5.82 Å². The SMILES string of the molecule is CC(NC(=O)c1cncc(NN)n1)c1ccc(Cl)cc1Cl. The first-order valence-corrected chi connectivity index (χ1v) is 6.81. The molecule has 1 aromatic heterocycles. The third-order valence-corrected chi connectivity index (χ3v) is 3.35. The van der Waals surface area contributed by atoms with Gasteiger partial charge in [0.25, 0.3) is 5.91 Å². The number of benzene rings is 1. The van der Waals surface area contributed by atoms with Crippen molar-refractivity contribution in [1.82, 2.24) is 15.3 Å². The highest BCUT2D eigenvalue weighted by Crippen LogP contribution is 2.26. The van der Waals surface area contributed by atoms with Crippen molar-refractivity contribution in [3.8, 4) is 0 Å². The number of anilines is 1. The molecule has 0 fully saturated rings. The number of nitrogens with zero attached hydrogens (tertiary/aromatic N) is 2. The van der Waals surface area contributed by atoms with Gasteiger partial charge in [0.15, 0.2) is 5.82 Å². The zero-order valence-electron chi connectivity index (χ0n) is 11.1. The molecule has 0 radical (unpaired) electrons. The van der Waals surface area contributed by atoms with Crippen LogP contribution < -0.4 is 16.6 Å². The Kier molecular flexibility index (Phi) is 4.95. The number of hydrogen-bond acceptors (Lipinski definition) is 5. The number of rotatable bonds is 4. The van der Waals surface area contributed by atoms with Crippen LogP contribution in [0.2, 0.25) is 10.0 Å². The molecule has 4 N–H and O–H groups in total. The van der Waals surface area contributed by atoms with E-state index in [1.165, 1.54) is 12.4 Å². The number of nitrogen functional groups attached to an aromatic ring is 1. The third-order valence-electron chi connectivity index (χ3n) is 2.79. The van der Waals surface area contributed by atoms with Crippen LogP contribution in [0.15, 0.2) is 30.6 Å². The molecule has 110 valence electrons. The summed E-state index contributed by atoms with van der Waals surface area (Å²) in [6.45, 7) is 1.81. The summed E-state index contributed by atoms with van der Waals surface area (Å²) in [6, 6.07) is 4.79. The average Bonchev–Trinajstić information content (AvgIpc) is 2.47. The van der Waals surface area contributed by atoms with Crippen molar-refractivity contribution < 1.29 is 4.79 Å². The lowest BCUT2D eigenvalue weighted by atomic mass is 10.1. The number of amides is 1. The second kappa shape index (κ2) is 6.71. The molecule has 0 bridgehead atoms. The highest BCUT2D eigenvalue weighted by molar-refractivity contribution is 6.35. The van der Waals surface area contributed by atoms with Crippen LogP contribution >= 0.6 is 23.2 Å². The summed E-state index contributed by atoms with van der Waals surface area (Å²) in [5.74, 6) is 5.16. The zero-order valence-corrected chi connectivity index (χ0v) is 12.6. The molecule has 1 amide bonds. The summed E-state index contributed by atoms with van der Waals surface area (Å²) in [4.78, 5) is 20.0. The average molecular weight is 326 g/mol. The number of aromatic nitrogens is 2. The molecule has 1 heterocycles. The second-order valence-electron chi connectivity index (χ2n) is 4.29. The van der Waals surface area contributed by atoms with Gasteiger partial charge in [-0.2, -0.15) is 0 Å². The van der Waals surface area contributed by atoms with Gasteiger partial charge in [-0.3, -0.25) is 9.78 Å². The molecule has 2 rings (SSSR count). The van der Waals surface area contributed by atoms with E-state index >= 15 is 0 Å². The van der Waals surface area contributed by atoms with Gasteiger partial charge in [0.05, 0.1) is 18.4 Å². The fourth-order valence-corrected chi connectivity index (χ4v) is 2.32. The molecule has 0 aliphatic rings. The second-order valence-corrected chi connectivity index (χ2v) is 5.14. The predicted octanol–water partition coefficient (Wildman–Crippen LogP) is 2.56. The highest BCUT2D eigenvalue weighted by atomic mass is 35.5. The standard InChI is InChI=1S/C13H13Cl2N5O/c1-7(9-3-2-8(14)4-10(9)15)18-13(21)11-5-17-6-12(19-11)20-16/h2-7H,16H2,1H3,(H,18,21)(H,19,20). The van der Waals surface area contributed by atoms with Gasteiger partial charge in [0, 0.05) is 10.0 Å². The van der Waals surface area contributed by atoms with Gasteiger partial charge in [0.1, 0.15) is 5.69 Å². The van der Waals surface area contributed by atoms with Crippen LogP contribution in [0.1, 0.15) is 29.0 Å². The molecular weight excluding hydrogens is 313 g/mol. The first-order valence-electron chi connectivity index (χ1n) is 6.05. The first-order chi connectivity index (χ1) is 10.0. The van der Waals surface area contributed by atoms with E-state index in [-0.39, 0.29) is 17.6 Å². The number of carbonyl (C=O) groups excluding carboxylic acids is 1. The Bertz CT molecular complexity index is 665. The Balaban J connectivity index is 2.14. The van der Waals surface area contributed by atoms with E-state index in [2.05, 4.69) is 20.7 Å². The maximum absolute atomic E-state index is 12.1. The molecule has 0 spiro atoms. The van der Waals surface area contributed by atoms with Crippen LogP contribution in [0.3, 0.4) is 0 Å². The summed E-state index contributed by atoms with van der Waals surface area (Å²) in [6.07, 6.45) is 2.77. The minimum absolute atomic E-state index is 0.155. The van der Waals surface area contributed by atoms with Crippen molar-refractivity contribution >= 4 is 34.9 Å². The van der Waals surface area contributed by atoms with Crippen molar-refractivity contribution in [3.63, 3.8) is 0 Å². The summed E-state index contributed by atoms with van der Waals surface area (Å²) in [7, 11) is 0. The summed E-state index contributed by atoms with van der Waals surface area (Å²) >= 11 is 12.0. The molecule has 2 aromatic rings. The lowest BCUT2D eigenvalue weighted by Crippen LogP contribution is -2.28. The van der Waals surface area contributed by atoms with Crippen molar-refractivity contribution in [2.24, 2.45) is 5.84 Å². The van der Waals surface area contributed by atoms with Gasteiger partial charge in [-0.05, 0) is 24.6 Å². The number of hydrogen-bond donors (Lipinski definition) is 3. The molecule has 8 heteroatoms. The Morgan fingerprint density at radius 1 is 1.33 bits per heavy atom. The van der Waals surface area contributed by atoms with Gasteiger partial charge in [-0.25, -0.2) is 10.8 Å². The van der Waals surface area contributed by atoms with Crippen LogP contribution in [-0.4, -0.2) is 15.9 Å². The first kappa shape index (κ1) is 15.5. The van der Waals surface area contributed by atoms with E-state index in [0.717, 1.165) is 5.56 Å². The molecule has 1 aromatic carbocycles. The molecule has 0 saturated carbocycles. The third kappa shape index (κ3) is 3.81. The molecule has 0 aliphatic carbocycles. The summed E-state index contributed by atoms with van der Waals surface area (Å²) in [5.41, 5.74) is 3.25. The van der Waals surface area contributed by atoms with E-state index in [4.69, 9.17) is 29.0 Å². The summed E-state index contributed by atoms with van der Waals surface area (Å²) < 4.78 is 0. The maximum atomic E-state index is 12.1. The Hall–Kier alpha value is -1.89. The minimum atomic E-state index is -0.377. The maximum Gasteiger partial charge on any atom is 0.272 e. The number of carbonyl (C=O) groups is 1. The molecule has 0 saturated heterocycles. The normalized spacial score (nSPS) is 11.8. The lowest BCUT2D eigenvalue weighted by Gasteiger charge is -2.15. The Labute approximate surface area is 131 Å². The quantitative estimate of drug-likeness (QED) is 0.593. The number of nitrogens with one attached hydrogen (secondary N) is 2. The van der Waals surface area contributed by atoms with Crippen molar-refractivity contribution in [1.29, 1.82) is 0 Å². The van der Waals surface area contributed by atoms with Crippen molar-refractivity contribution in [2.75, 3.05) is 5.43 Å². The van der Waals surface area contributed by atoms with Gasteiger partial charge in [-0.15, -0.1) is 0 Å². The van der Waals surface area contributed by atoms with Gasteiger partial charge >= 0.3 is 0 Å². The topological polar surface area (TPSA) is 92.9 Å². The van der Waals surface area contributed by atoms with Crippen molar-refractivity contribution in [2.45, 2.75) is 13.0 Å². The number of halogens is 2. The number of nitrogens with two attached hydrogens (primary N) is 1. The van der Waals surface area contributed by atoms with Crippen LogP contribution in [0.25, 0.3) is 0 Å². The molecule has 21 heavy (non-hydrogen) atoms. The van der Waals surface area contributed by atoms with E-state index in [9.17, 15) is 4.79 Å². The van der Waals surface area contributed by atoms with Gasteiger partial charge < -0.3 is 10.7 Å². The fraction of sp³-hybridized carbons (Fsp3) is 0.154. The zero-order chi connectivity index (χ0) is 15.4. The van der Waals surface area contributed by atoms with E-state index in [0.29, 0.717) is 15.9 Å². The summed E-state index contributed by atoms with van der Waals surface area (Å²) in [5, 5.41) is 3.81. The Morgan fingerprint density at radius 3 is 2.76 bits per heavy atom. The van der Waals surface area contributed by atoms with Crippen LogP contribution in [0, 0.1) is 0 Å². The van der Waals surface area contributed by atoms with Gasteiger partial charge in [-0.1, -0.05) is 29.3 Å². The van der Waals surface area contributed by atoms with E-state index in [1.807, 2.05) is 6.92 Å². The predicted molar refractivity (Wildman–Crippen MR) is 82.2 cm³/mol. The minimum Gasteiger partial charge on any atom is -0.344 e. The van der Waals surface area contributed by atoms with Crippen LogP contribution in [0.5, 0.6) is 0 Å². The van der Waals surface area contributed by atoms with Crippen molar-refractivity contribution in [3.05, 3.63) is 51.9 Å². The monoisotopic (exact) mass is 325 g/mol. The molecular formula is C13H13Cl2N5O. The van der Waals surface area contributed by atoms with E-state index in [1.54, 1.807) is 18.2 Å². The lowest BCUT2D eigenvalue weighted by molar-refractivity contribution is 0.0934. The Morgan fingerprint density at radius 2 is 2.10 bits per heavy atom. The van der Waals surface area contributed by atoms with Gasteiger partial charge in [0.2, 0.25) is 0 Å². The largest absolute Gasteiger partial charge is 0.344 e. The highest BCUT2D eigenvalue weighted by Gasteiger charge is 2.15. The molecule has 0 aliphatic heterocycles. The number of hydrazine groups is 1. The molecule has 6 nitrogen and oxygen atoms in total. The smallest absolute Gasteiger partial charge is 0.272 e. The molecule has 1 unspecified atom stereocenters. The van der Waals surface area contributed by atoms with Crippen LogP contribution in [-0.2, 0) is 0 Å².